The molecule has 1 aromatic carbocycles. The third-order valence-corrected chi connectivity index (χ3v) is 5.73. The van der Waals surface area contributed by atoms with E-state index in [9.17, 15) is 9.90 Å². The van der Waals surface area contributed by atoms with E-state index >= 15 is 0 Å². The van der Waals surface area contributed by atoms with Gasteiger partial charge in [-0.15, -0.1) is 0 Å². The van der Waals surface area contributed by atoms with E-state index in [4.69, 9.17) is 16.3 Å². The number of aromatic nitrogens is 2. The topological polar surface area (TPSA) is 93.7 Å². The molecule has 3 N–H and O–H groups in total. The maximum absolute atomic E-state index is 12.3. The molecule has 0 aliphatic carbocycles. The van der Waals surface area contributed by atoms with Crippen LogP contribution in [0.25, 0.3) is 16.6 Å². The zero-order chi connectivity index (χ0) is 22.8. The first-order valence-electron chi connectivity index (χ1n) is 10.3. The van der Waals surface area contributed by atoms with Crippen LogP contribution in [-0.4, -0.2) is 71.6 Å². The van der Waals surface area contributed by atoms with E-state index in [0.29, 0.717) is 36.1 Å². The van der Waals surface area contributed by atoms with E-state index in [1.807, 2.05) is 36.0 Å². The molecule has 2 aromatic heterocycles. The second kappa shape index (κ2) is 9.10. The number of aromatic hydroxyl groups is 1. The number of fused-ring (bicyclic) bond motifs is 1. The van der Waals surface area contributed by atoms with Crippen LogP contribution in [0.3, 0.4) is 0 Å². The number of pyridine rings is 1. The molecule has 4 rings (SSSR count). The van der Waals surface area contributed by atoms with Crippen LogP contribution < -0.4 is 10.1 Å². The number of nitrogens with one attached hydrogen (secondary N) is 2. The summed E-state index contributed by atoms with van der Waals surface area (Å²) in [5, 5.41) is 14.8. The van der Waals surface area contributed by atoms with Gasteiger partial charge in [0.05, 0.1) is 30.1 Å². The number of methoxy groups -OCH3 is 1. The Hall–Kier alpha value is -3.23. The van der Waals surface area contributed by atoms with Gasteiger partial charge >= 0.3 is 0 Å². The second-order valence-electron chi connectivity index (χ2n) is 7.99. The van der Waals surface area contributed by atoms with Crippen LogP contribution >= 0.6 is 11.6 Å². The molecule has 0 radical (unpaired) electrons. The van der Waals surface area contributed by atoms with E-state index in [0.717, 1.165) is 34.4 Å². The summed E-state index contributed by atoms with van der Waals surface area (Å²) in [6.45, 7) is 1.69. The third-order valence-electron chi connectivity index (χ3n) is 5.43. The number of phenolic OH excluding ortho intramolecular Hbond substituents is 1. The van der Waals surface area contributed by atoms with Gasteiger partial charge in [-0.2, -0.15) is 0 Å². The molecule has 3 aromatic rings. The number of halogens is 1. The molecule has 8 nitrogen and oxygen atoms in total. The fourth-order valence-corrected chi connectivity index (χ4v) is 4.00. The Morgan fingerprint density at radius 2 is 2.16 bits per heavy atom. The van der Waals surface area contributed by atoms with Crippen molar-refractivity contribution in [2.75, 3.05) is 46.2 Å². The summed E-state index contributed by atoms with van der Waals surface area (Å²) in [5.41, 5.74) is 4.13. The lowest BCUT2D eigenvalue weighted by molar-refractivity contribution is -0.131. The van der Waals surface area contributed by atoms with Crippen molar-refractivity contribution in [2.45, 2.75) is 6.42 Å². The summed E-state index contributed by atoms with van der Waals surface area (Å²) in [6, 6.07) is 6.98. The minimum atomic E-state index is 0.0222. The van der Waals surface area contributed by atoms with Crippen LogP contribution in [0, 0.1) is 0 Å². The molecule has 1 aliphatic rings. The largest absolute Gasteiger partial charge is 0.506 e. The molecule has 0 atom stereocenters. The molecule has 0 fully saturated rings. The van der Waals surface area contributed by atoms with Gasteiger partial charge in [0.2, 0.25) is 5.91 Å². The molecule has 0 unspecified atom stereocenters. The molecule has 1 amide bonds. The molecular weight excluding hydrogens is 430 g/mol. The number of anilines is 2. The van der Waals surface area contributed by atoms with Crippen molar-refractivity contribution in [3.63, 3.8) is 0 Å². The van der Waals surface area contributed by atoms with Gasteiger partial charge in [-0.25, -0.2) is 4.98 Å². The SMILES string of the molecule is COc1cc(Nc2ccnc3[nH]c(C4=CCN(C(=O)CN(C)C)CC4)cc23)c(O)cc1Cl. The molecule has 32 heavy (non-hydrogen) atoms. The van der Waals surface area contributed by atoms with Crippen molar-refractivity contribution in [1.29, 1.82) is 0 Å². The second-order valence-corrected chi connectivity index (χ2v) is 8.40. The van der Waals surface area contributed by atoms with Crippen molar-refractivity contribution in [3.8, 4) is 11.5 Å². The van der Waals surface area contributed by atoms with Crippen molar-refractivity contribution >= 4 is 45.5 Å². The number of rotatable bonds is 6. The van der Waals surface area contributed by atoms with Crippen LogP contribution in [0.2, 0.25) is 5.02 Å². The fraction of sp³-hybridized carbons (Fsp3) is 0.304. The first kappa shape index (κ1) is 22.0. The Bertz CT molecular complexity index is 1190. The summed E-state index contributed by atoms with van der Waals surface area (Å²) in [6.07, 6.45) is 4.56. The molecule has 0 saturated heterocycles. The highest BCUT2D eigenvalue weighted by molar-refractivity contribution is 6.32. The number of aromatic amines is 1. The van der Waals surface area contributed by atoms with Gasteiger partial charge in [-0.05, 0) is 38.2 Å². The van der Waals surface area contributed by atoms with Gasteiger partial charge in [0.25, 0.3) is 0 Å². The van der Waals surface area contributed by atoms with Crippen LogP contribution in [-0.2, 0) is 4.79 Å². The zero-order valence-electron chi connectivity index (χ0n) is 18.3. The first-order chi connectivity index (χ1) is 15.4. The molecule has 0 saturated carbocycles. The summed E-state index contributed by atoms with van der Waals surface area (Å²) in [7, 11) is 5.32. The lowest BCUT2D eigenvalue weighted by Crippen LogP contribution is -2.40. The molecule has 0 bridgehead atoms. The van der Waals surface area contributed by atoms with Crippen molar-refractivity contribution in [1.82, 2.24) is 19.8 Å². The maximum Gasteiger partial charge on any atom is 0.237 e. The van der Waals surface area contributed by atoms with E-state index < -0.39 is 0 Å². The Balaban J connectivity index is 1.58. The molecule has 168 valence electrons. The number of H-pyrrole nitrogens is 1. The smallest absolute Gasteiger partial charge is 0.237 e. The average Bonchev–Trinajstić information content (AvgIpc) is 3.20. The Morgan fingerprint density at radius 3 is 2.84 bits per heavy atom. The lowest BCUT2D eigenvalue weighted by atomic mass is 10.0. The number of ether oxygens (including phenoxy) is 1. The number of hydrogen-bond acceptors (Lipinski definition) is 6. The molecule has 9 heteroatoms. The molecule has 3 heterocycles. The average molecular weight is 456 g/mol. The molecule has 0 spiro atoms. The summed E-state index contributed by atoms with van der Waals surface area (Å²) in [4.78, 5) is 23.9. The normalized spacial score (nSPS) is 14.0. The minimum Gasteiger partial charge on any atom is -0.506 e. The Labute approximate surface area is 191 Å². The van der Waals surface area contributed by atoms with Gasteiger partial charge in [-0.3, -0.25) is 4.79 Å². The third kappa shape index (κ3) is 4.51. The van der Waals surface area contributed by atoms with Crippen LogP contribution in [0.1, 0.15) is 12.1 Å². The number of carbonyl (C=O) groups is 1. The van der Waals surface area contributed by atoms with E-state index in [1.54, 1.807) is 12.3 Å². The summed E-state index contributed by atoms with van der Waals surface area (Å²) < 4.78 is 5.26. The minimum absolute atomic E-state index is 0.0222. The van der Waals surface area contributed by atoms with E-state index in [1.165, 1.54) is 13.2 Å². The zero-order valence-corrected chi connectivity index (χ0v) is 19.0. The van der Waals surface area contributed by atoms with Crippen LogP contribution in [0.5, 0.6) is 11.5 Å². The van der Waals surface area contributed by atoms with Crippen molar-refractivity contribution < 1.29 is 14.6 Å². The van der Waals surface area contributed by atoms with Crippen molar-refractivity contribution in [3.05, 3.63) is 47.3 Å². The Morgan fingerprint density at radius 1 is 1.34 bits per heavy atom. The number of phenols is 1. The highest BCUT2D eigenvalue weighted by atomic mass is 35.5. The van der Waals surface area contributed by atoms with Crippen LogP contribution in [0.4, 0.5) is 11.4 Å². The lowest BCUT2D eigenvalue weighted by Gasteiger charge is -2.27. The van der Waals surface area contributed by atoms with Gasteiger partial charge in [0.15, 0.2) is 0 Å². The van der Waals surface area contributed by atoms with Gasteiger partial charge < -0.3 is 29.9 Å². The van der Waals surface area contributed by atoms with Gasteiger partial charge in [0.1, 0.15) is 17.1 Å². The highest BCUT2D eigenvalue weighted by Gasteiger charge is 2.20. The number of likely N-dealkylation sites (N-methyl/N-ethyl adjacent to an activating group) is 1. The standard InChI is InChI=1S/C23H26ClN5O3/c1-28(2)13-22(31)29-8-5-14(6-9-29)18-10-15-17(4-7-25-23(15)27-18)26-19-12-21(32-3)16(24)11-20(19)30/h4-5,7,10-12,30H,6,8-9,13H2,1-3H3,(H2,25,26,27). The number of nitrogens with zero attached hydrogens (tertiary/aromatic N) is 3. The number of benzene rings is 1. The monoisotopic (exact) mass is 455 g/mol. The Kier molecular flexibility index (Phi) is 6.25. The van der Waals surface area contributed by atoms with Gasteiger partial charge in [0, 0.05) is 42.5 Å². The summed E-state index contributed by atoms with van der Waals surface area (Å²) >= 11 is 6.08. The predicted molar refractivity (Wildman–Crippen MR) is 127 cm³/mol. The van der Waals surface area contributed by atoms with Crippen molar-refractivity contribution in [2.24, 2.45) is 0 Å². The van der Waals surface area contributed by atoms with Crippen LogP contribution in [0.15, 0.2) is 36.5 Å². The maximum atomic E-state index is 12.3. The number of amides is 1. The highest BCUT2D eigenvalue weighted by Crippen LogP contribution is 2.38. The molecule has 1 aliphatic heterocycles. The van der Waals surface area contributed by atoms with Gasteiger partial charge in [-0.1, -0.05) is 17.7 Å². The molecular formula is C23H26ClN5O3. The fourth-order valence-electron chi connectivity index (χ4n) is 3.76. The number of carbonyl (C=O) groups excluding carboxylic acids is 1. The first-order valence-corrected chi connectivity index (χ1v) is 10.7. The summed E-state index contributed by atoms with van der Waals surface area (Å²) in [5.74, 6) is 0.620. The quantitative estimate of drug-likeness (QED) is 0.489. The van der Waals surface area contributed by atoms with E-state index in [-0.39, 0.29) is 11.7 Å². The van der Waals surface area contributed by atoms with E-state index in [2.05, 4.69) is 21.4 Å². The number of hydrogen-bond donors (Lipinski definition) is 3. The predicted octanol–water partition coefficient (Wildman–Crippen LogP) is 3.85.